The van der Waals surface area contributed by atoms with Crippen LogP contribution in [0.3, 0.4) is 0 Å². The summed E-state index contributed by atoms with van der Waals surface area (Å²) in [6.07, 6.45) is -1.10. The van der Waals surface area contributed by atoms with Gasteiger partial charge in [-0.1, -0.05) is 6.07 Å². The zero-order valence-corrected chi connectivity index (χ0v) is 18.3. The van der Waals surface area contributed by atoms with Gasteiger partial charge in [-0.3, -0.25) is 14.5 Å². The second-order valence-electron chi connectivity index (χ2n) is 8.00. The number of urea groups is 1. The number of carbonyl (C=O) groups is 3. The molecule has 10 heteroatoms. The summed E-state index contributed by atoms with van der Waals surface area (Å²) >= 11 is 0. The van der Waals surface area contributed by atoms with Gasteiger partial charge in [0.25, 0.3) is 5.91 Å². The molecule has 0 aliphatic carbocycles. The number of ether oxygens (including phenoxy) is 3. The van der Waals surface area contributed by atoms with E-state index in [0.29, 0.717) is 41.7 Å². The third-order valence-electron chi connectivity index (χ3n) is 5.40. The molecular formula is C23H25N3O7. The molecule has 0 spiro atoms. The lowest BCUT2D eigenvalue weighted by molar-refractivity contribution is -0.132. The minimum absolute atomic E-state index is 0.128. The first-order valence-corrected chi connectivity index (χ1v) is 10.5. The van der Waals surface area contributed by atoms with Crippen LogP contribution in [0.5, 0.6) is 17.2 Å². The predicted octanol–water partition coefficient (Wildman–Crippen LogP) is 1.62. The first-order chi connectivity index (χ1) is 15.8. The molecule has 2 aliphatic rings. The molecule has 4 amide bonds. The van der Waals surface area contributed by atoms with Gasteiger partial charge in [0.2, 0.25) is 5.91 Å². The summed E-state index contributed by atoms with van der Waals surface area (Å²) in [6, 6.07) is 11.1. The van der Waals surface area contributed by atoms with Crippen LogP contribution in [0.2, 0.25) is 0 Å². The van der Waals surface area contributed by atoms with Gasteiger partial charge in [0.15, 0.2) is 11.5 Å². The number of amides is 4. The van der Waals surface area contributed by atoms with Gasteiger partial charge in [0, 0.05) is 12.6 Å². The van der Waals surface area contributed by atoms with E-state index in [-0.39, 0.29) is 19.1 Å². The van der Waals surface area contributed by atoms with Crippen molar-refractivity contribution in [1.29, 1.82) is 0 Å². The predicted molar refractivity (Wildman–Crippen MR) is 117 cm³/mol. The highest BCUT2D eigenvalue weighted by Gasteiger charge is 2.49. The van der Waals surface area contributed by atoms with Crippen LogP contribution in [-0.4, -0.2) is 60.3 Å². The molecule has 4 rings (SSSR count). The number of fused-ring (bicyclic) bond motifs is 1. The highest BCUT2D eigenvalue weighted by atomic mass is 16.6. The van der Waals surface area contributed by atoms with Gasteiger partial charge in [0.1, 0.15) is 37.2 Å². The minimum Gasteiger partial charge on any atom is -0.491 e. The SMILES string of the molecule is CC(=O)Nc1ccc(OCC(O)CN2C(=O)NC(C)(c3ccc4c(c3)OCCO4)C2=O)cc1. The van der Waals surface area contributed by atoms with E-state index in [2.05, 4.69) is 10.6 Å². The molecule has 2 aromatic carbocycles. The van der Waals surface area contributed by atoms with E-state index < -0.39 is 23.6 Å². The van der Waals surface area contributed by atoms with Crippen molar-refractivity contribution in [3.8, 4) is 17.2 Å². The largest absolute Gasteiger partial charge is 0.491 e. The van der Waals surface area contributed by atoms with E-state index >= 15 is 0 Å². The summed E-state index contributed by atoms with van der Waals surface area (Å²) in [6.45, 7) is 3.52. The van der Waals surface area contributed by atoms with E-state index in [4.69, 9.17) is 14.2 Å². The van der Waals surface area contributed by atoms with Gasteiger partial charge in [-0.05, 0) is 48.9 Å². The lowest BCUT2D eigenvalue weighted by Gasteiger charge is -2.25. The lowest BCUT2D eigenvalue weighted by Crippen LogP contribution is -2.42. The Bertz CT molecular complexity index is 1070. The Morgan fingerprint density at radius 1 is 1.18 bits per heavy atom. The molecule has 0 saturated carbocycles. The number of aliphatic hydroxyl groups is 1. The summed E-state index contributed by atoms with van der Waals surface area (Å²) < 4.78 is 16.6. The van der Waals surface area contributed by atoms with Crippen molar-refractivity contribution in [2.24, 2.45) is 0 Å². The topological polar surface area (TPSA) is 126 Å². The van der Waals surface area contributed by atoms with Gasteiger partial charge in [-0.25, -0.2) is 4.79 Å². The highest BCUT2D eigenvalue weighted by Crippen LogP contribution is 2.36. The van der Waals surface area contributed by atoms with Gasteiger partial charge in [-0.2, -0.15) is 0 Å². The van der Waals surface area contributed by atoms with Crippen LogP contribution in [0.4, 0.5) is 10.5 Å². The molecule has 3 N–H and O–H groups in total. The van der Waals surface area contributed by atoms with E-state index in [1.54, 1.807) is 49.4 Å². The zero-order chi connectivity index (χ0) is 23.6. The number of benzene rings is 2. The summed E-state index contributed by atoms with van der Waals surface area (Å²) in [7, 11) is 0. The van der Waals surface area contributed by atoms with Crippen LogP contribution >= 0.6 is 0 Å². The monoisotopic (exact) mass is 455 g/mol. The first-order valence-electron chi connectivity index (χ1n) is 10.5. The number of β-amino-alcohol motifs (C(OH)–C–C–N with tert-alkyl or cyclic N) is 1. The molecule has 2 heterocycles. The van der Waals surface area contributed by atoms with Crippen LogP contribution < -0.4 is 24.8 Å². The molecule has 0 bridgehead atoms. The van der Waals surface area contributed by atoms with Crippen LogP contribution in [0.1, 0.15) is 19.4 Å². The number of imide groups is 1. The Morgan fingerprint density at radius 2 is 1.88 bits per heavy atom. The fourth-order valence-electron chi connectivity index (χ4n) is 3.71. The van der Waals surface area contributed by atoms with Gasteiger partial charge in [-0.15, -0.1) is 0 Å². The third kappa shape index (κ3) is 4.70. The summed E-state index contributed by atoms with van der Waals surface area (Å²) in [4.78, 5) is 37.7. The van der Waals surface area contributed by atoms with E-state index in [0.717, 1.165) is 4.90 Å². The van der Waals surface area contributed by atoms with Gasteiger partial charge < -0.3 is 30.0 Å². The molecule has 2 aromatic rings. The highest BCUT2D eigenvalue weighted by molar-refractivity contribution is 6.07. The number of carbonyl (C=O) groups excluding carboxylic acids is 3. The molecule has 2 unspecified atom stereocenters. The van der Waals surface area contributed by atoms with Crippen LogP contribution in [0, 0.1) is 0 Å². The lowest BCUT2D eigenvalue weighted by atomic mass is 9.91. The number of nitrogens with zero attached hydrogens (tertiary/aromatic N) is 1. The molecule has 2 atom stereocenters. The third-order valence-corrected chi connectivity index (χ3v) is 5.40. The van der Waals surface area contributed by atoms with Gasteiger partial charge >= 0.3 is 6.03 Å². The fourth-order valence-corrected chi connectivity index (χ4v) is 3.71. The first kappa shape index (κ1) is 22.4. The van der Waals surface area contributed by atoms with Crippen molar-refractivity contribution in [3.63, 3.8) is 0 Å². The fraction of sp³-hybridized carbons (Fsp3) is 0.348. The standard InChI is InChI=1S/C23H25N3O7/c1-14(27)24-16-4-6-18(7-5-16)33-13-17(28)12-26-21(29)23(2,25-22(26)30)15-3-8-19-20(11-15)32-10-9-31-19/h3-8,11,17,28H,9-10,12-13H2,1-2H3,(H,24,27)(H,25,30). The van der Waals surface area contributed by atoms with E-state index in [1.165, 1.54) is 6.92 Å². The van der Waals surface area contributed by atoms with E-state index in [1.807, 2.05) is 0 Å². The van der Waals surface area contributed by atoms with Crippen LogP contribution in [-0.2, 0) is 15.1 Å². The number of anilines is 1. The van der Waals surface area contributed by atoms with Crippen LogP contribution in [0.15, 0.2) is 42.5 Å². The summed E-state index contributed by atoms with van der Waals surface area (Å²) in [5, 5.41) is 15.7. The number of rotatable bonds is 7. The molecular weight excluding hydrogens is 430 g/mol. The number of nitrogens with one attached hydrogen (secondary N) is 2. The van der Waals surface area contributed by atoms with Crippen molar-refractivity contribution in [1.82, 2.24) is 10.2 Å². The minimum atomic E-state index is -1.30. The smallest absolute Gasteiger partial charge is 0.325 e. The van der Waals surface area contributed by atoms with Crippen molar-refractivity contribution >= 4 is 23.5 Å². The Morgan fingerprint density at radius 3 is 2.58 bits per heavy atom. The maximum atomic E-state index is 13.1. The molecule has 33 heavy (non-hydrogen) atoms. The molecule has 1 fully saturated rings. The quantitative estimate of drug-likeness (QED) is 0.542. The van der Waals surface area contributed by atoms with E-state index in [9.17, 15) is 19.5 Å². The molecule has 10 nitrogen and oxygen atoms in total. The zero-order valence-electron chi connectivity index (χ0n) is 18.3. The Kier molecular flexibility index (Phi) is 6.10. The Hall–Kier alpha value is -3.79. The maximum absolute atomic E-state index is 13.1. The van der Waals surface area contributed by atoms with Crippen molar-refractivity contribution in [2.75, 3.05) is 31.7 Å². The molecule has 1 saturated heterocycles. The molecule has 0 aromatic heterocycles. The summed E-state index contributed by atoms with van der Waals surface area (Å²) in [5.41, 5.74) is -0.127. The molecule has 174 valence electrons. The van der Waals surface area contributed by atoms with Gasteiger partial charge in [0.05, 0.1) is 6.54 Å². The second kappa shape index (κ2) is 8.99. The van der Waals surface area contributed by atoms with Crippen molar-refractivity contribution < 1.29 is 33.7 Å². The number of hydrogen-bond donors (Lipinski definition) is 3. The summed E-state index contributed by atoms with van der Waals surface area (Å²) in [5.74, 6) is 0.901. The van der Waals surface area contributed by atoms with Crippen LogP contribution in [0.25, 0.3) is 0 Å². The molecule has 0 radical (unpaired) electrons. The average molecular weight is 455 g/mol. The van der Waals surface area contributed by atoms with Crippen molar-refractivity contribution in [3.05, 3.63) is 48.0 Å². The molecule has 2 aliphatic heterocycles. The Labute approximate surface area is 190 Å². The number of hydrogen-bond acceptors (Lipinski definition) is 7. The average Bonchev–Trinajstić information content (AvgIpc) is 3.01. The maximum Gasteiger partial charge on any atom is 0.325 e. The number of aliphatic hydroxyl groups excluding tert-OH is 1. The van der Waals surface area contributed by atoms with Crippen molar-refractivity contribution in [2.45, 2.75) is 25.5 Å². The second-order valence-corrected chi connectivity index (χ2v) is 8.00. The normalized spacial score (nSPS) is 20.3. The Balaban J connectivity index is 1.38.